The van der Waals surface area contributed by atoms with Gasteiger partial charge < -0.3 is 5.32 Å². The lowest BCUT2D eigenvalue weighted by Crippen LogP contribution is -2.32. The highest BCUT2D eigenvalue weighted by Crippen LogP contribution is 2.33. The number of rotatable bonds is 3. The van der Waals surface area contributed by atoms with E-state index < -0.39 is 11.7 Å². The van der Waals surface area contributed by atoms with Gasteiger partial charge >= 0.3 is 6.18 Å². The van der Waals surface area contributed by atoms with Crippen LogP contribution in [0.1, 0.15) is 43.4 Å². The Hall–Kier alpha value is -2.64. The summed E-state index contributed by atoms with van der Waals surface area (Å²) in [6, 6.07) is 5.60. The zero-order valence-electron chi connectivity index (χ0n) is 15.1. The van der Waals surface area contributed by atoms with Gasteiger partial charge in [0.15, 0.2) is 5.82 Å². The van der Waals surface area contributed by atoms with E-state index in [1.54, 1.807) is 6.07 Å². The number of hydrogen-bond donors (Lipinski definition) is 1. The highest BCUT2D eigenvalue weighted by Gasteiger charge is 2.31. The summed E-state index contributed by atoms with van der Waals surface area (Å²) >= 11 is 0. The van der Waals surface area contributed by atoms with Gasteiger partial charge in [-0.15, -0.1) is 0 Å². The van der Waals surface area contributed by atoms with E-state index in [4.69, 9.17) is 0 Å². The first-order valence-electron chi connectivity index (χ1n) is 8.97. The van der Waals surface area contributed by atoms with Crippen molar-refractivity contribution < 1.29 is 13.2 Å². The van der Waals surface area contributed by atoms with Gasteiger partial charge in [0.2, 0.25) is 0 Å². The third-order valence-electron chi connectivity index (χ3n) is 4.82. The monoisotopic (exact) mass is 375 g/mol. The van der Waals surface area contributed by atoms with Crippen LogP contribution in [0.5, 0.6) is 0 Å². The fraction of sp³-hybridized carbons (Fsp3) is 0.421. The molecule has 1 unspecified atom stereocenters. The molecular formula is C19H20F3N5. The fourth-order valence-electron chi connectivity index (χ4n) is 3.36. The Morgan fingerprint density at radius 1 is 1.22 bits per heavy atom. The normalized spacial score (nSPS) is 17.3. The number of alkyl halides is 3. The first-order valence-corrected chi connectivity index (χ1v) is 8.97. The third kappa shape index (κ3) is 3.48. The quantitative estimate of drug-likeness (QED) is 0.737. The summed E-state index contributed by atoms with van der Waals surface area (Å²) in [5, 5.41) is 8.70. The van der Waals surface area contributed by atoms with Crippen molar-refractivity contribution in [1.29, 1.82) is 0 Å². The van der Waals surface area contributed by atoms with E-state index in [1.807, 2.05) is 4.68 Å². The third-order valence-corrected chi connectivity index (χ3v) is 4.82. The molecule has 0 saturated heterocycles. The molecule has 0 saturated carbocycles. The summed E-state index contributed by atoms with van der Waals surface area (Å²) in [6.07, 6.45) is -1.13. The van der Waals surface area contributed by atoms with E-state index in [0.29, 0.717) is 17.4 Å². The number of aromatic nitrogens is 4. The van der Waals surface area contributed by atoms with Gasteiger partial charge in [0, 0.05) is 35.7 Å². The van der Waals surface area contributed by atoms with Crippen LogP contribution < -0.4 is 5.32 Å². The summed E-state index contributed by atoms with van der Waals surface area (Å²) in [7, 11) is 0. The molecule has 0 fully saturated rings. The maximum absolute atomic E-state index is 12.9. The SMILES string of the molecule is CC(C)c1nc2n(n1)CC(Nc1ccnc3cc(C(F)(F)F)ccc13)CC2. The number of halogens is 3. The van der Waals surface area contributed by atoms with E-state index in [0.717, 1.165) is 42.3 Å². The van der Waals surface area contributed by atoms with Crippen LogP contribution >= 0.6 is 0 Å². The zero-order chi connectivity index (χ0) is 19.2. The van der Waals surface area contributed by atoms with Gasteiger partial charge in [-0.25, -0.2) is 9.67 Å². The Balaban J connectivity index is 1.58. The minimum atomic E-state index is -4.37. The molecule has 5 nitrogen and oxygen atoms in total. The first kappa shape index (κ1) is 17.8. The minimum Gasteiger partial charge on any atom is -0.380 e. The lowest BCUT2D eigenvalue weighted by Gasteiger charge is -2.25. The van der Waals surface area contributed by atoms with Gasteiger partial charge in [-0.3, -0.25) is 4.98 Å². The minimum absolute atomic E-state index is 0.132. The Morgan fingerprint density at radius 2 is 2.04 bits per heavy atom. The standard InChI is InChI=1S/C19H20F3N5/c1-11(2)18-25-17-6-4-13(10-27(17)26-18)24-15-7-8-23-16-9-12(19(20,21)22)3-5-14(15)16/h3,5,7-9,11,13H,4,6,10H2,1-2H3,(H,23,24). The summed E-state index contributed by atoms with van der Waals surface area (Å²) < 4.78 is 40.7. The predicted octanol–water partition coefficient (Wildman–Crippen LogP) is 4.40. The van der Waals surface area contributed by atoms with Gasteiger partial charge in [0.25, 0.3) is 0 Å². The summed E-state index contributed by atoms with van der Waals surface area (Å²) in [4.78, 5) is 8.68. The second-order valence-corrected chi connectivity index (χ2v) is 7.19. The number of anilines is 1. The van der Waals surface area contributed by atoms with Gasteiger partial charge in [-0.05, 0) is 24.6 Å². The van der Waals surface area contributed by atoms with Crippen molar-refractivity contribution in [2.45, 2.75) is 51.4 Å². The van der Waals surface area contributed by atoms with Crippen LogP contribution in [-0.2, 0) is 19.1 Å². The molecular weight excluding hydrogens is 355 g/mol. The molecule has 2 aromatic heterocycles. The van der Waals surface area contributed by atoms with E-state index in [-0.39, 0.29) is 12.0 Å². The van der Waals surface area contributed by atoms with Crippen molar-refractivity contribution in [2.24, 2.45) is 0 Å². The van der Waals surface area contributed by atoms with Crippen molar-refractivity contribution in [3.8, 4) is 0 Å². The van der Waals surface area contributed by atoms with Crippen LogP contribution in [0.25, 0.3) is 10.9 Å². The van der Waals surface area contributed by atoms with Crippen molar-refractivity contribution in [2.75, 3.05) is 5.32 Å². The summed E-state index contributed by atoms with van der Waals surface area (Å²) in [5.41, 5.74) is 0.423. The second-order valence-electron chi connectivity index (χ2n) is 7.19. The van der Waals surface area contributed by atoms with Gasteiger partial charge in [0.1, 0.15) is 5.82 Å². The van der Waals surface area contributed by atoms with Crippen LogP contribution in [0.3, 0.4) is 0 Å². The molecule has 1 atom stereocenters. The fourth-order valence-corrected chi connectivity index (χ4v) is 3.36. The van der Waals surface area contributed by atoms with E-state index in [9.17, 15) is 13.2 Å². The summed E-state index contributed by atoms with van der Waals surface area (Å²) in [6.45, 7) is 4.81. The molecule has 1 N–H and O–H groups in total. The number of benzene rings is 1. The average molecular weight is 375 g/mol. The molecule has 0 amide bonds. The van der Waals surface area contributed by atoms with Crippen LogP contribution in [0.15, 0.2) is 30.5 Å². The van der Waals surface area contributed by atoms with Crippen LogP contribution in [0.2, 0.25) is 0 Å². The van der Waals surface area contributed by atoms with Crippen molar-refractivity contribution in [3.63, 3.8) is 0 Å². The summed E-state index contributed by atoms with van der Waals surface area (Å²) in [5.74, 6) is 2.12. The molecule has 1 aromatic carbocycles. The molecule has 0 bridgehead atoms. The number of fused-ring (bicyclic) bond motifs is 2. The number of pyridine rings is 1. The topological polar surface area (TPSA) is 55.6 Å². The molecule has 142 valence electrons. The van der Waals surface area contributed by atoms with Crippen molar-refractivity contribution in [3.05, 3.63) is 47.7 Å². The van der Waals surface area contributed by atoms with Crippen molar-refractivity contribution in [1.82, 2.24) is 19.7 Å². The maximum atomic E-state index is 12.9. The largest absolute Gasteiger partial charge is 0.416 e. The molecule has 27 heavy (non-hydrogen) atoms. The number of aryl methyl sites for hydroxylation is 1. The van der Waals surface area contributed by atoms with E-state index >= 15 is 0 Å². The molecule has 1 aliphatic rings. The van der Waals surface area contributed by atoms with Crippen molar-refractivity contribution >= 4 is 16.6 Å². The van der Waals surface area contributed by atoms with Gasteiger partial charge in [0.05, 0.1) is 17.6 Å². The lowest BCUT2D eigenvalue weighted by atomic mass is 10.1. The smallest absolute Gasteiger partial charge is 0.380 e. The second kappa shape index (κ2) is 6.51. The Morgan fingerprint density at radius 3 is 2.78 bits per heavy atom. The molecule has 4 rings (SSSR count). The molecule has 3 heterocycles. The number of nitrogens with zero attached hydrogens (tertiary/aromatic N) is 4. The molecule has 0 aliphatic carbocycles. The lowest BCUT2D eigenvalue weighted by molar-refractivity contribution is -0.137. The predicted molar refractivity (Wildman–Crippen MR) is 96.6 cm³/mol. The Kier molecular flexibility index (Phi) is 4.28. The molecule has 8 heteroatoms. The first-order chi connectivity index (χ1) is 12.8. The number of nitrogens with one attached hydrogen (secondary N) is 1. The Bertz CT molecular complexity index is 977. The maximum Gasteiger partial charge on any atom is 0.416 e. The van der Waals surface area contributed by atoms with E-state index in [1.165, 1.54) is 12.3 Å². The molecule has 3 aromatic rings. The molecule has 0 radical (unpaired) electrons. The highest BCUT2D eigenvalue weighted by molar-refractivity contribution is 5.91. The van der Waals surface area contributed by atoms with Crippen LogP contribution in [-0.4, -0.2) is 25.8 Å². The molecule has 0 spiro atoms. The Labute approximate surface area is 154 Å². The zero-order valence-corrected chi connectivity index (χ0v) is 15.1. The highest BCUT2D eigenvalue weighted by atomic mass is 19.4. The molecule has 1 aliphatic heterocycles. The average Bonchev–Trinajstić information content (AvgIpc) is 3.04. The van der Waals surface area contributed by atoms with Gasteiger partial charge in [-0.2, -0.15) is 18.3 Å². The van der Waals surface area contributed by atoms with Crippen LogP contribution in [0, 0.1) is 0 Å². The van der Waals surface area contributed by atoms with Crippen LogP contribution in [0.4, 0.5) is 18.9 Å². The van der Waals surface area contributed by atoms with Gasteiger partial charge in [-0.1, -0.05) is 19.9 Å². The van der Waals surface area contributed by atoms with E-state index in [2.05, 4.69) is 34.2 Å². The number of hydrogen-bond acceptors (Lipinski definition) is 4.